The molecule has 3 rings (SSSR count). The van der Waals surface area contributed by atoms with Gasteiger partial charge >= 0.3 is 6.18 Å². The second kappa shape index (κ2) is 6.69. The molecule has 0 aliphatic carbocycles. The first kappa shape index (κ1) is 18.3. The monoisotopic (exact) mass is 426 g/mol. The zero-order valence-electron chi connectivity index (χ0n) is 13.5. The molecule has 0 radical (unpaired) electrons. The minimum absolute atomic E-state index is 0.0529. The SMILES string of the molecule is Cc1nnc(N[C@H](N)c2cc(N)cc(C(F)(F)F)n2)c2cc(Br)ccc12. The molecule has 0 bridgehead atoms. The lowest BCUT2D eigenvalue weighted by atomic mass is 10.1. The molecule has 0 aliphatic heterocycles. The fourth-order valence-electron chi connectivity index (χ4n) is 2.47. The molecule has 0 amide bonds. The quantitative estimate of drug-likeness (QED) is 0.550. The van der Waals surface area contributed by atoms with E-state index in [0.29, 0.717) is 11.5 Å². The molecular weight excluding hydrogens is 413 g/mol. The number of rotatable bonds is 3. The van der Waals surface area contributed by atoms with Crippen molar-refractivity contribution in [3.63, 3.8) is 0 Å². The number of hydrogen-bond acceptors (Lipinski definition) is 6. The fourth-order valence-corrected chi connectivity index (χ4v) is 2.83. The number of fused-ring (bicyclic) bond motifs is 1. The molecule has 0 aliphatic rings. The van der Waals surface area contributed by atoms with E-state index in [1.165, 1.54) is 6.07 Å². The second-order valence-electron chi connectivity index (χ2n) is 5.65. The number of pyridine rings is 1. The van der Waals surface area contributed by atoms with Gasteiger partial charge < -0.3 is 16.8 Å². The van der Waals surface area contributed by atoms with Gasteiger partial charge in [0.15, 0.2) is 5.82 Å². The Morgan fingerprint density at radius 3 is 2.54 bits per heavy atom. The minimum atomic E-state index is -4.62. The number of aromatic nitrogens is 3. The number of nitrogens with one attached hydrogen (secondary N) is 1. The molecule has 6 nitrogen and oxygen atoms in total. The Labute approximate surface area is 154 Å². The Hall–Kier alpha value is -2.46. The summed E-state index contributed by atoms with van der Waals surface area (Å²) < 4.78 is 39.6. The van der Waals surface area contributed by atoms with Crippen LogP contribution in [0.25, 0.3) is 10.8 Å². The Morgan fingerprint density at radius 2 is 1.85 bits per heavy atom. The number of nitrogens with zero attached hydrogens (tertiary/aromatic N) is 3. The topological polar surface area (TPSA) is 103 Å². The number of benzene rings is 1. The molecule has 1 atom stereocenters. The minimum Gasteiger partial charge on any atom is -0.399 e. The molecule has 0 spiro atoms. The van der Waals surface area contributed by atoms with E-state index >= 15 is 0 Å². The van der Waals surface area contributed by atoms with Crippen molar-refractivity contribution in [2.75, 3.05) is 11.1 Å². The van der Waals surface area contributed by atoms with Crippen LogP contribution in [-0.2, 0) is 6.18 Å². The number of aryl methyl sites for hydroxylation is 1. The van der Waals surface area contributed by atoms with Crippen LogP contribution in [0.15, 0.2) is 34.8 Å². The van der Waals surface area contributed by atoms with Gasteiger partial charge in [-0.05, 0) is 31.2 Å². The summed E-state index contributed by atoms with van der Waals surface area (Å²) in [7, 11) is 0. The predicted molar refractivity (Wildman–Crippen MR) is 96.2 cm³/mol. The highest BCUT2D eigenvalue weighted by Gasteiger charge is 2.33. The number of nitrogens with two attached hydrogens (primary N) is 2. The molecule has 26 heavy (non-hydrogen) atoms. The molecule has 2 aromatic heterocycles. The average molecular weight is 427 g/mol. The van der Waals surface area contributed by atoms with Gasteiger partial charge in [-0.25, -0.2) is 4.98 Å². The lowest BCUT2D eigenvalue weighted by Crippen LogP contribution is -2.24. The van der Waals surface area contributed by atoms with E-state index < -0.39 is 18.0 Å². The Bertz CT molecular complexity index is 976. The van der Waals surface area contributed by atoms with E-state index in [-0.39, 0.29) is 11.4 Å². The largest absolute Gasteiger partial charge is 0.433 e. The fraction of sp³-hybridized carbons (Fsp3) is 0.188. The summed E-state index contributed by atoms with van der Waals surface area (Å²) in [4.78, 5) is 3.57. The van der Waals surface area contributed by atoms with Gasteiger partial charge in [-0.2, -0.15) is 18.3 Å². The molecule has 5 N–H and O–H groups in total. The average Bonchev–Trinajstić information content (AvgIpc) is 2.56. The normalized spacial score (nSPS) is 13.0. The van der Waals surface area contributed by atoms with Gasteiger partial charge in [-0.3, -0.25) is 0 Å². The first-order valence-electron chi connectivity index (χ1n) is 7.44. The third-order valence-corrected chi connectivity index (χ3v) is 4.19. The van der Waals surface area contributed by atoms with E-state index in [1.807, 2.05) is 25.1 Å². The van der Waals surface area contributed by atoms with Gasteiger partial charge in [0.05, 0.1) is 11.4 Å². The third kappa shape index (κ3) is 3.70. The standard InChI is InChI=1S/C16H14BrF3N6/c1-7-10-3-2-8(17)4-11(10)15(26-25-7)24-14(22)12-5-9(21)6-13(23-12)16(18,19)20/h2-6,14H,22H2,1H3,(H2,21,23)(H,24,26)/t14-/m0/s1. The number of nitrogen functional groups attached to an aromatic ring is 1. The Morgan fingerprint density at radius 1 is 1.12 bits per heavy atom. The van der Waals surface area contributed by atoms with Crippen molar-refractivity contribution in [1.29, 1.82) is 0 Å². The van der Waals surface area contributed by atoms with E-state index in [4.69, 9.17) is 11.5 Å². The van der Waals surface area contributed by atoms with E-state index in [1.54, 1.807) is 0 Å². The molecule has 0 saturated heterocycles. The van der Waals surface area contributed by atoms with Crippen LogP contribution in [0, 0.1) is 6.92 Å². The first-order valence-corrected chi connectivity index (χ1v) is 8.24. The maximum atomic E-state index is 12.9. The van der Waals surface area contributed by atoms with Gasteiger partial charge in [0, 0.05) is 20.9 Å². The summed E-state index contributed by atoms with van der Waals surface area (Å²) in [5.41, 5.74) is 11.0. The first-order chi connectivity index (χ1) is 12.1. The van der Waals surface area contributed by atoms with Gasteiger partial charge in [-0.15, -0.1) is 5.10 Å². The van der Waals surface area contributed by atoms with Crippen molar-refractivity contribution < 1.29 is 13.2 Å². The summed E-state index contributed by atoms with van der Waals surface area (Å²) >= 11 is 3.38. The molecular formula is C16H14BrF3N6. The summed E-state index contributed by atoms with van der Waals surface area (Å²) in [6.07, 6.45) is -5.68. The molecule has 136 valence electrons. The molecule has 10 heteroatoms. The van der Waals surface area contributed by atoms with Crippen LogP contribution in [0.4, 0.5) is 24.7 Å². The lowest BCUT2D eigenvalue weighted by molar-refractivity contribution is -0.141. The Balaban J connectivity index is 2.00. The van der Waals surface area contributed by atoms with E-state index in [0.717, 1.165) is 21.3 Å². The summed E-state index contributed by atoms with van der Waals surface area (Å²) in [6, 6.07) is 7.58. The molecule has 0 unspecified atom stereocenters. The highest BCUT2D eigenvalue weighted by atomic mass is 79.9. The zero-order valence-corrected chi connectivity index (χ0v) is 15.1. The van der Waals surface area contributed by atoms with E-state index in [9.17, 15) is 13.2 Å². The number of anilines is 2. The number of alkyl halides is 3. The van der Waals surface area contributed by atoms with Crippen LogP contribution in [0.3, 0.4) is 0 Å². The van der Waals surface area contributed by atoms with Crippen molar-refractivity contribution >= 4 is 38.2 Å². The maximum Gasteiger partial charge on any atom is 0.433 e. The summed E-state index contributed by atoms with van der Waals surface area (Å²) in [5, 5.41) is 12.5. The maximum absolute atomic E-state index is 12.9. The Kier molecular flexibility index (Phi) is 4.72. The zero-order chi connectivity index (χ0) is 19.1. The van der Waals surface area contributed by atoms with Gasteiger partial charge in [0.25, 0.3) is 0 Å². The second-order valence-corrected chi connectivity index (χ2v) is 6.57. The highest BCUT2D eigenvalue weighted by molar-refractivity contribution is 9.10. The molecule has 2 heterocycles. The van der Waals surface area contributed by atoms with Crippen LogP contribution in [0.1, 0.15) is 23.2 Å². The van der Waals surface area contributed by atoms with Crippen LogP contribution in [0.2, 0.25) is 0 Å². The highest BCUT2D eigenvalue weighted by Crippen LogP contribution is 2.31. The van der Waals surface area contributed by atoms with E-state index in [2.05, 4.69) is 36.4 Å². The van der Waals surface area contributed by atoms with Crippen molar-refractivity contribution in [3.8, 4) is 0 Å². The number of halogens is 4. The molecule has 3 aromatic rings. The smallest absolute Gasteiger partial charge is 0.399 e. The number of hydrogen-bond donors (Lipinski definition) is 3. The van der Waals surface area contributed by atoms with Crippen molar-refractivity contribution in [1.82, 2.24) is 15.2 Å². The molecule has 0 saturated carbocycles. The third-order valence-electron chi connectivity index (χ3n) is 3.70. The van der Waals surface area contributed by atoms with Crippen LogP contribution >= 0.6 is 15.9 Å². The van der Waals surface area contributed by atoms with Gasteiger partial charge in [0.2, 0.25) is 0 Å². The van der Waals surface area contributed by atoms with Crippen LogP contribution in [-0.4, -0.2) is 15.2 Å². The molecule has 1 aromatic carbocycles. The van der Waals surface area contributed by atoms with Gasteiger partial charge in [-0.1, -0.05) is 22.0 Å². The van der Waals surface area contributed by atoms with Crippen molar-refractivity contribution in [2.24, 2.45) is 5.73 Å². The lowest BCUT2D eigenvalue weighted by Gasteiger charge is -2.17. The van der Waals surface area contributed by atoms with Crippen molar-refractivity contribution in [2.45, 2.75) is 19.3 Å². The van der Waals surface area contributed by atoms with Gasteiger partial charge in [0.1, 0.15) is 11.9 Å². The molecule has 0 fully saturated rings. The van der Waals surface area contributed by atoms with Crippen LogP contribution in [0.5, 0.6) is 0 Å². The van der Waals surface area contributed by atoms with Crippen molar-refractivity contribution in [3.05, 3.63) is 51.9 Å². The summed E-state index contributed by atoms with van der Waals surface area (Å²) in [5.74, 6) is 0.331. The summed E-state index contributed by atoms with van der Waals surface area (Å²) in [6.45, 7) is 1.81. The van der Waals surface area contributed by atoms with Crippen LogP contribution < -0.4 is 16.8 Å². The predicted octanol–water partition coefficient (Wildman–Crippen LogP) is 3.77.